The predicted octanol–water partition coefficient (Wildman–Crippen LogP) is 0.856. The molecule has 78 valence electrons. The summed E-state index contributed by atoms with van der Waals surface area (Å²) in [4.78, 5) is 13.6. The number of fused-ring (bicyclic) bond motifs is 3. The Kier molecular flexibility index (Phi) is 1.75. The number of carbonyl (C=O) groups excluding carboxylic acids is 1. The second kappa shape index (κ2) is 2.99. The lowest BCUT2D eigenvalue weighted by Crippen LogP contribution is -2.52. The van der Waals surface area contributed by atoms with Crippen LogP contribution in [0.3, 0.4) is 0 Å². The van der Waals surface area contributed by atoms with Gasteiger partial charge in [0.2, 0.25) is 5.91 Å². The molecule has 2 aliphatic rings. The molecule has 1 fully saturated rings. The summed E-state index contributed by atoms with van der Waals surface area (Å²) in [5.74, 6) is 0.139. The third kappa shape index (κ3) is 1.30. The number of benzene rings is 1. The topological polar surface area (TPSA) is 32.3 Å². The highest BCUT2D eigenvalue weighted by Crippen LogP contribution is 2.33. The normalized spacial score (nSPS) is 23.4. The molecule has 2 heterocycles. The smallest absolute Gasteiger partial charge is 0.239 e. The lowest BCUT2D eigenvalue weighted by atomic mass is 10.1. The highest BCUT2D eigenvalue weighted by atomic mass is 16.2. The van der Waals surface area contributed by atoms with Crippen LogP contribution in [-0.4, -0.2) is 25.0 Å². The van der Waals surface area contributed by atoms with E-state index in [4.69, 9.17) is 0 Å². The zero-order valence-corrected chi connectivity index (χ0v) is 8.79. The first-order chi connectivity index (χ1) is 7.24. The Balaban J connectivity index is 2.00. The molecule has 1 N–H and O–H groups in total. The Morgan fingerprint density at radius 1 is 1.47 bits per heavy atom. The first-order valence-corrected chi connectivity index (χ1v) is 5.37. The van der Waals surface area contributed by atoms with Gasteiger partial charge < -0.3 is 10.2 Å². The van der Waals surface area contributed by atoms with Crippen LogP contribution in [0, 0.1) is 6.92 Å². The molecule has 0 saturated carbocycles. The molecule has 0 aliphatic carbocycles. The monoisotopic (exact) mass is 202 g/mol. The van der Waals surface area contributed by atoms with Gasteiger partial charge in [0.05, 0.1) is 12.6 Å². The van der Waals surface area contributed by atoms with Crippen molar-refractivity contribution in [3.63, 3.8) is 0 Å². The van der Waals surface area contributed by atoms with Gasteiger partial charge in [0, 0.05) is 12.2 Å². The summed E-state index contributed by atoms with van der Waals surface area (Å²) >= 11 is 0. The Morgan fingerprint density at radius 2 is 2.33 bits per heavy atom. The standard InChI is InChI=1S/C12H14N2O/c1-8-2-3-11-9(4-8)5-10-6-13-12(15)7-14(10)11/h2-4,10H,5-7H2,1H3,(H,13,15). The number of aryl methyl sites for hydroxylation is 1. The van der Waals surface area contributed by atoms with Crippen molar-refractivity contribution in [3.05, 3.63) is 29.3 Å². The van der Waals surface area contributed by atoms with Gasteiger partial charge >= 0.3 is 0 Å². The molecule has 0 spiro atoms. The summed E-state index contributed by atoms with van der Waals surface area (Å²) in [5, 5.41) is 2.92. The molecule has 3 nitrogen and oxygen atoms in total. The van der Waals surface area contributed by atoms with Crippen molar-refractivity contribution >= 4 is 11.6 Å². The molecule has 0 radical (unpaired) electrons. The fourth-order valence-corrected chi connectivity index (χ4v) is 2.56. The number of carbonyl (C=O) groups is 1. The van der Waals surface area contributed by atoms with Crippen LogP contribution < -0.4 is 10.2 Å². The lowest BCUT2D eigenvalue weighted by Gasteiger charge is -2.31. The van der Waals surface area contributed by atoms with Gasteiger partial charge in [-0.05, 0) is 25.0 Å². The molecule has 15 heavy (non-hydrogen) atoms. The number of hydrogen-bond donors (Lipinski definition) is 1. The van der Waals surface area contributed by atoms with E-state index in [-0.39, 0.29) is 5.91 Å². The molecule has 3 heteroatoms. The van der Waals surface area contributed by atoms with Gasteiger partial charge in [-0.25, -0.2) is 0 Å². The van der Waals surface area contributed by atoms with Crippen molar-refractivity contribution in [1.29, 1.82) is 0 Å². The fraction of sp³-hybridized carbons (Fsp3) is 0.417. The average Bonchev–Trinajstić information content (AvgIpc) is 2.54. The van der Waals surface area contributed by atoms with Crippen LogP contribution in [0.15, 0.2) is 18.2 Å². The van der Waals surface area contributed by atoms with Crippen molar-refractivity contribution in [2.75, 3.05) is 18.0 Å². The van der Waals surface area contributed by atoms with Crippen molar-refractivity contribution < 1.29 is 4.79 Å². The maximum absolute atomic E-state index is 11.3. The van der Waals surface area contributed by atoms with E-state index in [2.05, 4.69) is 35.3 Å². The minimum absolute atomic E-state index is 0.139. The molecule has 2 aliphatic heterocycles. The van der Waals surface area contributed by atoms with Crippen LogP contribution in [0.4, 0.5) is 5.69 Å². The van der Waals surface area contributed by atoms with Crippen LogP contribution in [0.25, 0.3) is 0 Å². The second-order valence-electron chi connectivity index (χ2n) is 4.42. The second-order valence-corrected chi connectivity index (χ2v) is 4.42. The number of nitrogens with one attached hydrogen (secondary N) is 1. The van der Waals surface area contributed by atoms with E-state index in [1.165, 1.54) is 16.8 Å². The van der Waals surface area contributed by atoms with Crippen molar-refractivity contribution in [2.45, 2.75) is 19.4 Å². The molecule has 1 unspecified atom stereocenters. The van der Waals surface area contributed by atoms with Gasteiger partial charge in [0.1, 0.15) is 0 Å². The summed E-state index contributed by atoms with van der Waals surface area (Å²) < 4.78 is 0. The van der Waals surface area contributed by atoms with E-state index < -0.39 is 0 Å². The molecular formula is C12H14N2O. The van der Waals surface area contributed by atoms with Crippen LogP contribution in [0.2, 0.25) is 0 Å². The zero-order chi connectivity index (χ0) is 10.4. The third-order valence-electron chi connectivity index (χ3n) is 3.29. The molecular weight excluding hydrogens is 188 g/mol. The van der Waals surface area contributed by atoms with Gasteiger partial charge in [0.25, 0.3) is 0 Å². The Morgan fingerprint density at radius 3 is 3.20 bits per heavy atom. The summed E-state index contributed by atoms with van der Waals surface area (Å²) in [5.41, 5.74) is 3.94. The van der Waals surface area contributed by atoms with Gasteiger partial charge in [-0.2, -0.15) is 0 Å². The van der Waals surface area contributed by atoms with E-state index >= 15 is 0 Å². The molecule has 1 aromatic rings. The number of anilines is 1. The van der Waals surface area contributed by atoms with Crippen molar-refractivity contribution in [2.24, 2.45) is 0 Å². The first kappa shape index (κ1) is 8.77. The Bertz CT molecular complexity index is 428. The van der Waals surface area contributed by atoms with Crippen molar-refractivity contribution in [3.8, 4) is 0 Å². The molecule has 0 bridgehead atoms. The summed E-state index contributed by atoms with van der Waals surface area (Å²) in [6.45, 7) is 3.41. The van der Waals surface area contributed by atoms with Gasteiger partial charge in [-0.15, -0.1) is 0 Å². The van der Waals surface area contributed by atoms with Crippen LogP contribution >= 0.6 is 0 Å². The SMILES string of the molecule is Cc1ccc2c(c1)CC1CNC(=O)CN21. The van der Waals surface area contributed by atoms with E-state index in [0.717, 1.165) is 13.0 Å². The zero-order valence-electron chi connectivity index (χ0n) is 8.79. The minimum atomic E-state index is 0.139. The highest BCUT2D eigenvalue weighted by Gasteiger charge is 2.33. The number of amides is 1. The van der Waals surface area contributed by atoms with Gasteiger partial charge in [0.15, 0.2) is 0 Å². The number of hydrogen-bond acceptors (Lipinski definition) is 2. The average molecular weight is 202 g/mol. The molecule has 1 aromatic carbocycles. The van der Waals surface area contributed by atoms with Gasteiger partial charge in [-0.1, -0.05) is 17.7 Å². The summed E-state index contributed by atoms with van der Waals surface area (Å²) in [7, 11) is 0. The van der Waals surface area contributed by atoms with E-state index in [0.29, 0.717) is 12.6 Å². The van der Waals surface area contributed by atoms with Crippen LogP contribution in [-0.2, 0) is 11.2 Å². The van der Waals surface area contributed by atoms with E-state index in [1.807, 2.05) is 0 Å². The molecule has 3 rings (SSSR count). The Hall–Kier alpha value is -1.51. The third-order valence-corrected chi connectivity index (χ3v) is 3.29. The largest absolute Gasteiger partial charge is 0.357 e. The van der Waals surface area contributed by atoms with Gasteiger partial charge in [-0.3, -0.25) is 4.79 Å². The number of rotatable bonds is 0. The quantitative estimate of drug-likeness (QED) is 0.676. The van der Waals surface area contributed by atoms with Crippen molar-refractivity contribution in [1.82, 2.24) is 5.32 Å². The minimum Gasteiger partial charge on any atom is -0.357 e. The Labute approximate surface area is 89.1 Å². The summed E-state index contributed by atoms with van der Waals surface area (Å²) in [6, 6.07) is 6.97. The molecule has 1 saturated heterocycles. The van der Waals surface area contributed by atoms with Crippen LogP contribution in [0.1, 0.15) is 11.1 Å². The molecule has 1 atom stereocenters. The molecule has 1 amide bonds. The predicted molar refractivity (Wildman–Crippen MR) is 59.0 cm³/mol. The first-order valence-electron chi connectivity index (χ1n) is 5.37. The van der Waals surface area contributed by atoms with E-state index in [1.54, 1.807) is 0 Å². The fourth-order valence-electron chi connectivity index (χ4n) is 2.56. The van der Waals surface area contributed by atoms with E-state index in [9.17, 15) is 4.79 Å². The maximum atomic E-state index is 11.3. The summed E-state index contributed by atoms with van der Waals surface area (Å²) in [6.07, 6.45) is 1.07. The maximum Gasteiger partial charge on any atom is 0.239 e. The highest BCUT2D eigenvalue weighted by molar-refractivity contribution is 5.84. The number of nitrogens with zero attached hydrogens (tertiary/aromatic N) is 1. The number of piperazine rings is 1. The van der Waals surface area contributed by atoms with Crippen LogP contribution in [0.5, 0.6) is 0 Å². The lowest BCUT2D eigenvalue weighted by molar-refractivity contribution is -0.120. The molecule has 0 aromatic heterocycles.